The van der Waals surface area contributed by atoms with E-state index < -0.39 is 26.2 Å². The Morgan fingerprint density at radius 1 is 1.10 bits per heavy atom. The van der Waals surface area contributed by atoms with Crippen LogP contribution in [0.1, 0.15) is 63.4 Å². The van der Waals surface area contributed by atoms with Crippen LogP contribution in [-0.4, -0.2) is 62.0 Å². The maximum absolute atomic E-state index is 12.9. The van der Waals surface area contributed by atoms with Crippen LogP contribution in [0.3, 0.4) is 0 Å². The predicted octanol–water partition coefficient (Wildman–Crippen LogP) is 4.20. The van der Waals surface area contributed by atoms with Crippen molar-refractivity contribution in [1.82, 2.24) is 15.7 Å². The van der Waals surface area contributed by atoms with Crippen LogP contribution >= 0.6 is 8.38 Å². The molecule has 3 N–H and O–H groups in total. The number of carbonyl (C=O) groups excluding carboxylic acids is 3. The van der Waals surface area contributed by atoms with Crippen molar-refractivity contribution in [2.45, 2.75) is 58.9 Å². The molecular weight excluding hydrogens is 525 g/mol. The third-order valence-electron chi connectivity index (χ3n) is 6.16. The zero-order valence-corrected chi connectivity index (χ0v) is 24.2. The van der Waals surface area contributed by atoms with Crippen LogP contribution in [0.15, 0.2) is 34.7 Å². The minimum Gasteiger partial charge on any atom is -0.494 e. The molecule has 0 spiro atoms. The van der Waals surface area contributed by atoms with Gasteiger partial charge >= 0.3 is 0 Å². The standard InChI is InChI=1S/C27H40N3O8P/c1-6-9-10-11-22(23(7-2)30(34)18-31)26(32)28-17-29-27(33)25-13-12-24(38-25)19-14-20(37-8-3)16-21(15-19)39(35-4)36-5/h12-16,18,22-23,34H,6-11,17H2,1-5H3,(H,28,32)(H,29,33). The number of hydrogen-bond acceptors (Lipinski definition) is 8. The zero-order chi connectivity index (χ0) is 28.8. The lowest BCUT2D eigenvalue weighted by Crippen LogP contribution is -2.47. The Labute approximate surface area is 231 Å². The molecule has 0 fully saturated rings. The lowest BCUT2D eigenvalue weighted by Gasteiger charge is -2.29. The van der Waals surface area contributed by atoms with Crippen molar-refractivity contribution in [3.05, 3.63) is 36.1 Å². The molecule has 0 aliphatic heterocycles. The number of nitrogens with zero attached hydrogens (tertiary/aromatic N) is 1. The van der Waals surface area contributed by atoms with Crippen LogP contribution in [0.2, 0.25) is 0 Å². The first-order valence-electron chi connectivity index (χ1n) is 13.1. The number of hydroxylamine groups is 2. The molecule has 0 bridgehead atoms. The summed E-state index contributed by atoms with van der Waals surface area (Å²) in [5.41, 5.74) is 0.689. The van der Waals surface area contributed by atoms with Gasteiger partial charge in [0.1, 0.15) is 11.5 Å². The summed E-state index contributed by atoms with van der Waals surface area (Å²) >= 11 is 0. The molecule has 0 radical (unpaired) electrons. The highest BCUT2D eigenvalue weighted by Crippen LogP contribution is 2.38. The number of amides is 3. The van der Waals surface area contributed by atoms with E-state index in [0.717, 1.165) is 24.6 Å². The molecule has 2 rings (SSSR count). The van der Waals surface area contributed by atoms with E-state index >= 15 is 0 Å². The zero-order valence-electron chi connectivity index (χ0n) is 23.3. The van der Waals surface area contributed by atoms with Crippen molar-refractivity contribution in [1.29, 1.82) is 0 Å². The second-order valence-electron chi connectivity index (χ2n) is 8.72. The molecule has 12 heteroatoms. The number of nitrogens with one attached hydrogen (secondary N) is 2. The normalized spacial score (nSPS) is 12.6. The highest BCUT2D eigenvalue weighted by atomic mass is 31.2. The predicted molar refractivity (Wildman–Crippen MR) is 148 cm³/mol. The van der Waals surface area contributed by atoms with Crippen molar-refractivity contribution >= 4 is 31.9 Å². The Hall–Kier alpha value is -2.98. The van der Waals surface area contributed by atoms with Crippen LogP contribution in [0.5, 0.6) is 5.75 Å². The quantitative estimate of drug-likeness (QED) is 0.0610. The molecule has 3 amide bonds. The van der Waals surface area contributed by atoms with Crippen LogP contribution in [0.4, 0.5) is 0 Å². The van der Waals surface area contributed by atoms with Gasteiger partial charge in [-0.15, -0.1) is 0 Å². The van der Waals surface area contributed by atoms with Crippen molar-refractivity contribution in [3.8, 4) is 17.1 Å². The summed E-state index contributed by atoms with van der Waals surface area (Å²) in [6, 6.07) is 8.07. The molecule has 1 aromatic carbocycles. The summed E-state index contributed by atoms with van der Waals surface area (Å²) in [7, 11) is 1.82. The average molecular weight is 566 g/mol. The summed E-state index contributed by atoms with van der Waals surface area (Å²) in [5, 5.41) is 16.6. The van der Waals surface area contributed by atoms with E-state index in [1.165, 1.54) is 0 Å². The first-order valence-corrected chi connectivity index (χ1v) is 14.3. The number of hydrogen-bond donors (Lipinski definition) is 3. The Bertz CT molecular complexity index is 1060. The second kappa shape index (κ2) is 16.9. The van der Waals surface area contributed by atoms with Crippen molar-refractivity contribution < 1.29 is 37.8 Å². The van der Waals surface area contributed by atoms with Crippen LogP contribution in [-0.2, 0) is 18.6 Å². The van der Waals surface area contributed by atoms with E-state index in [4.69, 9.17) is 18.2 Å². The number of rotatable bonds is 18. The second-order valence-corrected chi connectivity index (χ2v) is 10.5. The fourth-order valence-electron chi connectivity index (χ4n) is 4.26. The van der Waals surface area contributed by atoms with Gasteiger partial charge in [-0.1, -0.05) is 33.1 Å². The lowest BCUT2D eigenvalue weighted by atomic mass is 9.90. The minimum absolute atomic E-state index is 0.0665. The number of benzene rings is 1. The maximum Gasteiger partial charge on any atom is 0.288 e. The van der Waals surface area contributed by atoms with E-state index in [0.29, 0.717) is 48.0 Å². The summed E-state index contributed by atoms with van der Waals surface area (Å²) in [6.07, 6.45) is 3.91. The van der Waals surface area contributed by atoms with Gasteiger partial charge in [0, 0.05) is 25.1 Å². The van der Waals surface area contributed by atoms with E-state index in [1.54, 1.807) is 39.3 Å². The number of ether oxygens (including phenoxy) is 1. The van der Waals surface area contributed by atoms with E-state index in [9.17, 15) is 19.6 Å². The van der Waals surface area contributed by atoms with Crippen LogP contribution in [0, 0.1) is 5.92 Å². The lowest BCUT2D eigenvalue weighted by molar-refractivity contribution is -0.168. The maximum atomic E-state index is 12.9. The Kier molecular flexibility index (Phi) is 13.9. The van der Waals surface area contributed by atoms with Crippen molar-refractivity contribution in [2.75, 3.05) is 27.5 Å². The summed E-state index contributed by atoms with van der Waals surface area (Å²) in [6.45, 7) is 6.07. The molecule has 2 unspecified atom stereocenters. The van der Waals surface area contributed by atoms with E-state index in [-0.39, 0.29) is 18.3 Å². The van der Waals surface area contributed by atoms with Crippen molar-refractivity contribution in [3.63, 3.8) is 0 Å². The molecule has 2 atom stereocenters. The molecule has 0 aliphatic carbocycles. The van der Waals surface area contributed by atoms with E-state index in [2.05, 4.69) is 17.6 Å². The smallest absolute Gasteiger partial charge is 0.288 e. The molecule has 0 saturated heterocycles. The summed E-state index contributed by atoms with van der Waals surface area (Å²) in [5.74, 6) is -0.339. The van der Waals surface area contributed by atoms with Gasteiger partial charge in [-0.2, -0.15) is 0 Å². The van der Waals surface area contributed by atoms with Gasteiger partial charge in [0.15, 0.2) is 5.76 Å². The molecule has 1 heterocycles. The Morgan fingerprint density at radius 3 is 2.46 bits per heavy atom. The Morgan fingerprint density at radius 2 is 1.85 bits per heavy atom. The SMILES string of the molecule is CCCCCC(C(=O)NCNC(=O)c1ccc(-c2cc(OCC)cc(P(OC)OC)c2)o1)C(CC)N(O)C=O. The fraction of sp³-hybridized carbons (Fsp3) is 0.519. The first-order chi connectivity index (χ1) is 18.8. The average Bonchev–Trinajstić information content (AvgIpc) is 3.44. The van der Waals surface area contributed by atoms with Gasteiger partial charge in [-0.25, -0.2) is 5.06 Å². The molecule has 0 aliphatic rings. The molecule has 0 saturated carbocycles. The van der Waals surface area contributed by atoms with Gasteiger partial charge in [0.2, 0.25) is 20.7 Å². The van der Waals surface area contributed by atoms with Crippen LogP contribution < -0.4 is 20.7 Å². The van der Waals surface area contributed by atoms with Gasteiger partial charge < -0.3 is 28.8 Å². The van der Waals surface area contributed by atoms with Crippen molar-refractivity contribution in [2.24, 2.45) is 5.92 Å². The monoisotopic (exact) mass is 565 g/mol. The van der Waals surface area contributed by atoms with Gasteiger partial charge in [-0.3, -0.25) is 19.6 Å². The van der Waals surface area contributed by atoms with Crippen LogP contribution in [0.25, 0.3) is 11.3 Å². The molecule has 2 aromatic rings. The summed E-state index contributed by atoms with van der Waals surface area (Å²) < 4.78 is 22.3. The van der Waals surface area contributed by atoms with Gasteiger partial charge in [0.05, 0.1) is 25.2 Å². The number of carbonyl (C=O) groups is 3. The van der Waals surface area contributed by atoms with Gasteiger partial charge in [0.25, 0.3) is 5.91 Å². The molecule has 216 valence electrons. The highest BCUT2D eigenvalue weighted by Gasteiger charge is 2.30. The minimum atomic E-state index is -1.31. The Balaban J connectivity index is 2.09. The molecule has 11 nitrogen and oxygen atoms in total. The largest absolute Gasteiger partial charge is 0.494 e. The third-order valence-corrected chi connectivity index (χ3v) is 7.50. The third kappa shape index (κ3) is 9.32. The molecule has 1 aromatic heterocycles. The fourth-order valence-corrected chi connectivity index (χ4v) is 5.31. The molecular formula is C27H40N3O8P. The topological polar surface area (TPSA) is 140 Å². The summed E-state index contributed by atoms with van der Waals surface area (Å²) in [4.78, 5) is 36.8. The highest BCUT2D eigenvalue weighted by molar-refractivity contribution is 7.55. The number of unbranched alkanes of at least 4 members (excludes halogenated alkanes) is 2. The number of furan rings is 1. The first kappa shape index (κ1) is 32.2. The molecule has 39 heavy (non-hydrogen) atoms. The van der Waals surface area contributed by atoms with E-state index in [1.807, 2.05) is 19.1 Å². The van der Waals surface area contributed by atoms with Gasteiger partial charge in [-0.05, 0) is 50.1 Å².